The second-order valence-electron chi connectivity index (χ2n) is 3.91. The van der Waals surface area contributed by atoms with Crippen molar-refractivity contribution in [3.63, 3.8) is 0 Å². The first kappa shape index (κ1) is 10.8. The van der Waals surface area contributed by atoms with E-state index in [4.69, 9.17) is 0 Å². The summed E-state index contributed by atoms with van der Waals surface area (Å²) in [5.41, 5.74) is 3.96. The number of hydrogen-bond acceptors (Lipinski definition) is 0. The van der Waals surface area contributed by atoms with Crippen molar-refractivity contribution in [3.05, 3.63) is 45.5 Å². The Morgan fingerprint density at radius 2 is 1.81 bits per heavy atom. The van der Waals surface area contributed by atoms with Gasteiger partial charge in [-0.05, 0) is 53.3 Å². The van der Waals surface area contributed by atoms with Gasteiger partial charge in [0.25, 0.3) is 0 Å². The number of aryl methyl sites for hydroxylation is 1. The first-order chi connectivity index (χ1) is 7.68. The number of fused-ring (bicyclic) bond motifs is 3. The summed E-state index contributed by atoms with van der Waals surface area (Å²) in [6.45, 7) is 2.19. The molecule has 16 heavy (non-hydrogen) atoms. The van der Waals surface area contributed by atoms with Crippen LogP contribution >= 0.6 is 45.5 Å². The Morgan fingerprint density at radius 1 is 1.06 bits per heavy atom. The molecule has 0 aliphatic carbocycles. The predicted molar refractivity (Wildman–Crippen MR) is 86.3 cm³/mol. The number of benzene rings is 2. The standard InChI is InChI=1S/C13H9I2N/c1-8-6-9(14)7-12-13(8)10-4-2-3-5-11(10)16(12)15/h2-7H,1H3. The summed E-state index contributed by atoms with van der Waals surface area (Å²) in [7, 11) is 0. The van der Waals surface area contributed by atoms with Crippen LogP contribution < -0.4 is 0 Å². The van der Waals surface area contributed by atoms with E-state index in [-0.39, 0.29) is 0 Å². The van der Waals surface area contributed by atoms with Crippen LogP contribution in [0.1, 0.15) is 5.56 Å². The second-order valence-corrected chi connectivity index (χ2v) is 6.13. The van der Waals surface area contributed by atoms with Crippen molar-refractivity contribution in [2.45, 2.75) is 6.92 Å². The van der Waals surface area contributed by atoms with Crippen molar-refractivity contribution < 1.29 is 0 Å². The number of halogens is 2. The van der Waals surface area contributed by atoms with Crippen LogP contribution in [-0.2, 0) is 0 Å². The Bertz CT molecular complexity index is 698. The summed E-state index contributed by atoms with van der Waals surface area (Å²) in [5.74, 6) is 0. The molecule has 80 valence electrons. The molecule has 0 aliphatic heterocycles. The van der Waals surface area contributed by atoms with Gasteiger partial charge in [0.2, 0.25) is 0 Å². The molecular weight excluding hydrogens is 424 g/mol. The molecule has 1 heterocycles. The molecule has 3 rings (SSSR count). The van der Waals surface area contributed by atoms with Gasteiger partial charge in [-0.15, -0.1) is 0 Å². The molecule has 0 aliphatic rings. The smallest absolute Gasteiger partial charge is 0.0646 e. The molecule has 3 heteroatoms. The van der Waals surface area contributed by atoms with Crippen LogP contribution in [0.3, 0.4) is 0 Å². The van der Waals surface area contributed by atoms with Crippen LogP contribution in [-0.4, -0.2) is 2.78 Å². The van der Waals surface area contributed by atoms with E-state index in [1.54, 1.807) is 0 Å². The van der Waals surface area contributed by atoms with Gasteiger partial charge in [0, 0.05) is 14.3 Å². The summed E-state index contributed by atoms with van der Waals surface area (Å²) in [6, 6.07) is 13.1. The Hall–Kier alpha value is -0.300. The number of hydrogen-bond donors (Lipinski definition) is 0. The van der Waals surface area contributed by atoms with E-state index in [9.17, 15) is 0 Å². The van der Waals surface area contributed by atoms with E-state index in [1.807, 2.05) is 0 Å². The average molecular weight is 433 g/mol. The highest BCUT2D eigenvalue weighted by atomic mass is 127. The minimum Gasteiger partial charge on any atom is -0.282 e. The molecule has 0 N–H and O–H groups in total. The molecule has 0 radical (unpaired) electrons. The Labute approximate surface area is 121 Å². The molecule has 0 saturated heterocycles. The van der Waals surface area contributed by atoms with E-state index in [2.05, 4.69) is 91.6 Å². The number of para-hydroxylation sites is 1. The fraction of sp³-hybridized carbons (Fsp3) is 0.0769. The van der Waals surface area contributed by atoms with Gasteiger partial charge < -0.3 is 0 Å². The first-order valence-corrected chi connectivity index (χ1v) is 7.08. The summed E-state index contributed by atoms with van der Waals surface area (Å²) in [6.07, 6.45) is 0. The molecule has 0 atom stereocenters. The fourth-order valence-electron chi connectivity index (χ4n) is 2.22. The molecule has 2 aromatic carbocycles. The molecular formula is C13H9I2N. The zero-order valence-electron chi connectivity index (χ0n) is 8.67. The zero-order chi connectivity index (χ0) is 11.3. The Kier molecular flexibility index (Phi) is 2.62. The van der Waals surface area contributed by atoms with E-state index in [1.165, 1.54) is 30.9 Å². The second kappa shape index (κ2) is 3.87. The van der Waals surface area contributed by atoms with Gasteiger partial charge in [-0.1, -0.05) is 18.2 Å². The Morgan fingerprint density at radius 3 is 2.62 bits per heavy atom. The average Bonchev–Trinajstić information content (AvgIpc) is 2.54. The lowest BCUT2D eigenvalue weighted by Gasteiger charge is -1.99. The lowest BCUT2D eigenvalue weighted by atomic mass is 10.1. The minimum atomic E-state index is 1.29. The monoisotopic (exact) mass is 433 g/mol. The summed E-state index contributed by atoms with van der Waals surface area (Å²) in [5, 5.41) is 2.73. The molecule has 1 nitrogen and oxygen atoms in total. The molecule has 0 amide bonds. The Balaban J connectivity index is 2.67. The van der Waals surface area contributed by atoms with Gasteiger partial charge in [-0.3, -0.25) is 2.78 Å². The molecule has 1 aromatic heterocycles. The topological polar surface area (TPSA) is 4.93 Å². The summed E-state index contributed by atoms with van der Waals surface area (Å²) >= 11 is 4.76. The highest BCUT2D eigenvalue weighted by molar-refractivity contribution is 14.1. The maximum Gasteiger partial charge on any atom is 0.0646 e. The summed E-state index contributed by atoms with van der Waals surface area (Å²) in [4.78, 5) is 0. The van der Waals surface area contributed by atoms with Gasteiger partial charge in [0.1, 0.15) is 0 Å². The van der Waals surface area contributed by atoms with Gasteiger partial charge in [0.15, 0.2) is 0 Å². The van der Waals surface area contributed by atoms with Crippen LogP contribution in [0.15, 0.2) is 36.4 Å². The lowest BCUT2D eigenvalue weighted by Crippen LogP contribution is -1.81. The van der Waals surface area contributed by atoms with Crippen LogP contribution in [0, 0.1) is 10.5 Å². The lowest BCUT2D eigenvalue weighted by molar-refractivity contribution is 1.46. The number of rotatable bonds is 0. The maximum atomic E-state index is 2.38. The highest BCUT2D eigenvalue weighted by Gasteiger charge is 2.10. The highest BCUT2D eigenvalue weighted by Crippen LogP contribution is 2.33. The fourth-order valence-corrected chi connectivity index (χ4v) is 3.78. The third kappa shape index (κ3) is 1.48. The normalized spacial score (nSPS) is 11.4. The van der Waals surface area contributed by atoms with Crippen molar-refractivity contribution in [1.82, 2.24) is 2.78 Å². The predicted octanol–water partition coefficient (Wildman–Crippen LogP) is 4.91. The minimum absolute atomic E-state index is 1.29. The molecule has 0 unspecified atom stereocenters. The SMILES string of the molecule is Cc1cc(I)cc2c1c1ccccc1n2I. The van der Waals surface area contributed by atoms with Crippen molar-refractivity contribution in [2.24, 2.45) is 0 Å². The van der Waals surface area contributed by atoms with Crippen LogP contribution in [0.4, 0.5) is 0 Å². The van der Waals surface area contributed by atoms with Gasteiger partial charge in [-0.25, -0.2) is 0 Å². The van der Waals surface area contributed by atoms with Gasteiger partial charge in [0.05, 0.1) is 33.9 Å². The third-order valence-corrected chi connectivity index (χ3v) is 4.54. The molecule has 0 spiro atoms. The van der Waals surface area contributed by atoms with E-state index in [0.717, 1.165) is 0 Å². The van der Waals surface area contributed by atoms with E-state index >= 15 is 0 Å². The molecule has 3 aromatic rings. The van der Waals surface area contributed by atoms with E-state index in [0.29, 0.717) is 0 Å². The van der Waals surface area contributed by atoms with E-state index < -0.39 is 0 Å². The molecule has 0 bridgehead atoms. The van der Waals surface area contributed by atoms with Crippen LogP contribution in [0.5, 0.6) is 0 Å². The molecule has 0 saturated carbocycles. The number of nitrogens with zero attached hydrogens (tertiary/aromatic N) is 1. The van der Waals surface area contributed by atoms with Crippen molar-refractivity contribution in [1.29, 1.82) is 0 Å². The quantitative estimate of drug-likeness (QED) is 0.445. The third-order valence-electron chi connectivity index (χ3n) is 2.88. The number of aromatic nitrogens is 1. The van der Waals surface area contributed by atoms with Crippen molar-refractivity contribution in [3.8, 4) is 0 Å². The van der Waals surface area contributed by atoms with Gasteiger partial charge >= 0.3 is 0 Å². The molecule has 0 fully saturated rings. The zero-order valence-corrected chi connectivity index (χ0v) is 13.0. The largest absolute Gasteiger partial charge is 0.282 e. The van der Waals surface area contributed by atoms with Crippen molar-refractivity contribution in [2.75, 3.05) is 0 Å². The first-order valence-electron chi connectivity index (χ1n) is 5.04. The van der Waals surface area contributed by atoms with Crippen LogP contribution in [0.2, 0.25) is 0 Å². The van der Waals surface area contributed by atoms with Gasteiger partial charge in [-0.2, -0.15) is 0 Å². The van der Waals surface area contributed by atoms with Crippen molar-refractivity contribution >= 4 is 67.3 Å². The summed E-state index contributed by atoms with van der Waals surface area (Å²) < 4.78 is 3.54. The van der Waals surface area contributed by atoms with Crippen LogP contribution in [0.25, 0.3) is 21.8 Å². The maximum absolute atomic E-state index is 2.38.